The first-order chi connectivity index (χ1) is 18.2. The van der Waals surface area contributed by atoms with E-state index in [9.17, 15) is 13.4 Å². The van der Waals surface area contributed by atoms with Gasteiger partial charge in [-0.25, -0.2) is 8.63 Å². The van der Waals surface area contributed by atoms with Gasteiger partial charge < -0.3 is 14.6 Å². The molecule has 0 fully saturated rings. The molecule has 0 bridgehead atoms. The van der Waals surface area contributed by atoms with Crippen molar-refractivity contribution in [3.8, 4) is 23.7 Å². The smallest absolute Gasteiger partial charge is 0.503 e. The number of carbonyl (C=O) groups is 1. The average Bonchev–Trinajstić information content (AvgIpc) is 3.36. The van der Waals surface area contributed by atoms with Gasteiger partial charge in [0.1, 0.15) is 5.76 Å². The first-order valence-electron chi connectivity index (χ1n) is 12.0. The molecule has 2 aromatic carbocycles. The molecule has 0 aliphatic heterocycles. The lowest BCUT2D eigenvalue weighted by Crippen LogP contribution is -2.08. The molecular weight excluding hydrogens is 481 g/mol. The number of carbonyl (C=O) groups excluding carboxylic acids is 1. The van der Waals surface area contributed by atoms with Gasteiger partial charge in [0, 0.05) is 17.2 Å². The molecule has 7 heteroatoms. The lowest BCUT2D eigenvalue weighted by molar-refractivity contribution is 0.104. The van der Waals surface area contributed by atoms with Crippen molar-refractivity contribution in [3.63, 3.8) is 0 Å². The number of rotatable bonds is 5. The van der Waals surface area contributed by atoms with Crippen molar-refractivity contribution >= 4 is 19.0 Å². The van der Waals surface area contributed by atoms with E-state index in [0.29, 0.717) is 22.5 Å². The zero-order chi connectivity index (χ0) is 27.2. The van der Waals surface area contributed by atoms with Crippen molar-refractivity contribution in [2.45, 2.75) is 27.7 Å². The van der Waals surface area contributed by atoms with E-state index < -0.39 is 13.3 Å². The van der Waals surface area contributed by atoms with Gasteiger partial charge in [0.15, 0.2) is 0 Å². The number of aromatic amines is 2. The van der Waals surface area contributed by atoms with Crippen LogP contribution in [0.25, 0.3) is 5.76 Å². The Morgan fingerprint density at radius 3 is 1.63 bits per heavy atom. The van der Waals surface area contributed by atoms with Gasteiger partial charge in [-0.1, -0.05) is 48.2 Å². The third-order valence-corrected chi connectivity index (χ3v) is 6.31. The van der Waals surface area contributed by atoms with Crippen molar-refractivity contribution < 1.29 is 18.1 Å². The van der Waals surface area contributed by atoms with Crippen molar-refractivity contribution in [3.05, 3.63) is 123 Å². The maximum Gasteiger partial charge on any atom is 0.796 e. The summed E-state index contributed by atoms with van der Waals surface area (Å²) in [6, 6.07) is 18.9. The molecule has 2 N–H and O–H groups in total. The summed E-state index contributed by atoms with van der Waals surface area (Å²) in [6.07, 6.45) is 1.07. The zero-order valence-corrected chi connectivity index (χ0v) is 21.5. The van der Waals surface area contributed by atoms with E-state index in [1.54, 1.807) is 13.8 Å². The van der Waals surface area contributed by atoms with E-state index in [2.05, 4.69) is 33.6 Å². The van der Waals surface area contributed by atoms with Gasteiger partial charge in [-0.15, -0.1) is 0 Å². The molecule has 0 aliphatic rings. The van der Waals surface area contributed by atoms with Crippen molar-refractivity contribution in [2.75, 3.05) is 0 Å². The normalized spacial score (nSPS) is 10.7. The molecule has 188 valence electrons. The summed E-state index contributed by atoms with van der Waals surface area (Å²) in [5, 5.41) is 0. The van der Waals surface area contributed by atoms with E-state index in [-0.39, 0.29) is 17.1 Å². The summed E-state index contributed by atoms with van der Waals surface area (Å²) < 4.78 is 31.6. The minimum absolute atomic E-state index is 0.262. The SMILES string of the molecule is Cc1c(C#Cc2ccccc2)[nH]c(C(=O)/C=C(/OB(F)F)c2[nH]c(C#Cc3ccccc3)c(C)c2C)c1C. The largest absolute Gasteiger partial charge is 0.796 e. The Labute approximate surface area is 221 Å². The van der Waals surface area contributed by atoms with Gasteiger partial charge >= 0.3 is 7.47 Å². The average molecular weight is 506 g/mol. The lowest BCUT2D eigenvalue weighted by atomic mass is 10.1. The van der Waals surface area contributed by atoms with Crippen LogP contribution >= 0.6 is 0 Å². The number of halogens is 2. The van der Waals surface area contributed by atoms with Crippen LogP contribution < -0.4 is 0 Å². The molecular formula is C31H25BF2N2O2. The maximum absolute atomic E-state index is 13.4. The number of nitrogens with one attached hydrogen (secondary N) is 2. The van der Waals surface area contributed by atoms with Crippen LogP contribution in [0.3, 0.4) is 0 Å². The van der Waals surface area contributed by atoms with E-state index in [1.807, 2.05) is 74.5 Å². The van der Waals surface area contributed by atoms with Gasteiger partial charge in [-0.05, 0) is 86.1 Å². The van der Waals surface area contributed by atoms with E-state index in [4.69, 9.17) is 4.65 Å². The third-order valence-electron chi connectivity index (χ3n) is 6.31. The Hall–Kier alpha value is -4.75. The second kappa shape index (κ2) is 11.5. The second-order valence-corrected chi connectivity index (χ2v) is 8.73. The summed E-state index contributed by atoms with van der Waals surface area (Å²) in [5.74, 6) is 11.5. The summed E-state index contributed by atoms with van der Waals surface area (Å²) in [7, 11) is -3.12. The maximum atomic E-state index is 13.4. The summed E-state index contributed by atoms with van der Waals surface area (Å²) >= 11 is 0. The Balaban J connectivity index is 1.69. The molecule has 0 saturated heterocycles. The molecule has 2 heterocycles. The highest BCUT2D eigenvalue weighted by molar-refractivity contribution is 6.36. The predicted octanol–water partition coefficient (Wildman–Crippen LogP) is 6.54. The number of hydrogen-bond acceptors (Lipinski definition) is 2. The van der Waals surface area contributed by atoms with Gasteiger partial charge in [0.2, 0.25) is 5.78 Å². The third kappa shape index (κ3) is 5.96. The van der Waals surface area contributed by atoms with E-state index in [0.717, 1.165) is 28.3 Å². The van der Waals surface area contributed by atoms with Gasteiger partial charge in [-0.2, -0.15) is 0 Å². The molecule has 0 atom stereocenters. The van der Waals surface area contributed by atoms with Crippen LogP contribution in [-0.2, 0) is 4.65 Å². The van der Waals surface area contributed by atoms with Gasteiger partial charge in [0.05, 0.1) is 22.8 Å². The minimum atomic E-state index is -3.12. The summed E-state index contributed by atoms with van der Waals surface area (Å²) in [6.45, 7) is 7.25. The minimum Gasteiger partial charge on any atom is -0.503 e. The number of benzene rings is 2. The topological polar surface area (TPSA) is 57.9 Å². The van der Waals surface area contributed by atoms with Gasteiger partial charge in [-0.3, -0.25) is 4.79 Å². The van der Waals surface area contributed by atoms with Crippen LogP contribution in [-0.4, -0.2) is 23.2 Å². The van der Waals surface area contributed by atoms with E-state index >= 15 is 0 Å². The second-order valence-electron chi connectivity index (χ2n) is 8.73. The first-order valence-corrected chi connectivity index (χ1v) is 12.0. The molecule has 0 unspecified atom stereocenters. The Morgan fingerprint density at radius 1 is 0.711 bits per heavy atom. The quantitative estimate of drug-likeness (QED) is 0.106. The molecule has 0 radical (unpaired) electrons. The monoisotopic (exact) mass is 506 g/mol. The molecule has 0 spiro atoms. The van der Waals surface area contributed by atoms with Gasteiger partial charge in [0.25, 0.3) is 0 Å². The molecule has 2 aromatic heterocycles. The highest BCUT2D eigenvalue weighted by atomic mass is 19.2. The number of hydrogen-bond donors (Lipinski definition) is 2. The van der Waals surface area contributed by atoms with Crippen LogP contribution in [0.5, 0.6) is 0 Å². The predicted molar refractivity (Wildman–Crippen MR) is 147 cm³/mol. The van der Waals surface area contributed by atoms with Crippen LogP contribution in [0.1, 0.15) is 61.0 Å². The molecule has 0 saturated carbocycles. The van der Waals surface area contributed by atoms with Crippen molar-refractivity contribution in [2.24, 2.45) is 0 Å². The summed E-state index contributed by atoms with van der Waals surface area (Å²) in [5.41, 5.74) is 6.29. The summed E-state index contributed by atoms with van der Waals surface area (Å²) in [4.78, 5) is 19.4. The molecule has 0 amide bonds. The zero-order valence-electron chi connectivity index (χ0n) is 21.5. The Morgan fingerprint density at radius 2 is 1.16 bits per heavy atom. The number of allylic oxidation sites excluding steroid dienone is 1. The molecule has 0 aliphatic carbocycles. The fourth-order valence-electron chi connectivity index (χ4n) is 3.88. The van der Waals surface area contributed by atoms with Crippen molar-refractivity contribution in [1.82, 2.24) is 9.97 Å². The highest BCUT2D eigenvalue weighted by Crippen LogP contribution is 2.27. The van der Waals surface area contributed by atoms with Crippen LogP contribution in [0.4, 0.5) is 8.63 Å². The van der Waals surface area contributed by atoms with Crippen LogP contribution in [0.15, 0.2) is 66.7 Å². The first kappa shape index (κ1) is 26.3. The fourth-order valence-corrected chi connectivity index (χ4v) is 3.88. The van der Waals surface area contributed by atoms with Crippen molar-refractivity contribution in [1.29, 1.82) is 0 Å². The lowest BCUT2D eigenvalue weighted by Gasteiger charge is -2.08. The molecule has 4 rings (SSSR count). The van der Waals surface area contributed by atoms with Crippen LogP contribution in [0, 0.1) is 51.4 Å². The molecule has 4 nitrogen and oxygen atoms in total. The molecule has 4 aromatic rings. The van der Waals surface area contributed by atoms with Crippen LogP contribution in [0.2, 0.25) is 0 Å². The standard InChI is InChI=1S/C31H25BF2N2O2/c1-20-22(3)30(35-26(20)17-15-24-11-7-5-8-12-24)28(37)19-29(38-32(33)34)31-23(4)21(2)27(36-31)18-16-25-13-9-6-10-14-25/h5-14,19,35-36H,1-4H3/b29-19+. The Bertz CT molecular complexity index is 1630. The number of H-pyrrole nitrogens is 2. The highest BCUT2D eigenvalue weighted by Gasteiger charge is 2.25. The number of aromatic nitrogens is 2. The fraction of sp³-hybridized carbons (Fsp3) is 0.129. The van der Waals surface area contributed by atoms with E-state index in [1.165, 1.54) is 0 Å². The molecule has 38 heavy (non-hydrogen) atoms. The number of ketones is 1. The Kier molecular flexibility index (Phi) is 7.99.